The average Bonchev–Trinajstić information content (AvgIpc) is 2.37. The number of aromatic amines is 1. The first-order chi connectivity index (χ1) is 9.40. The van der Waals surface area contributed by atoms with Crippen LogP contribution in [0.5, 0.6) is 0 Å². The molecule has 0 unspecified atom stereocenters. The molecule has 104 valence electrons. The third kappa shape index (κ3) is 2.98. The molecule has 0 aliphatic carbocycles. The summed E-state index contributed by atoms with van der Waals surface area (Å²) < 4.78 is 0. The lowest BCUT2D eigenvalue weighted by Crippen LogP contribution is -2.15. The van der Waals surface area contributed by atoms with Crippen LogP contribution in [-0.2, 0) is 11.2 Å². The highest BCUT2D eigenvalue weighted by Crippen LogP contribution is 2.38. The molecule has 20 heavy (non-hydrogen) atoms. The topological polar surface area (TPSA) is 70.2 Å². The number of aromatic nitrogens is 1. The number of pyridine rings is 1. The van der Waals surface area contributed by atoms with Gasteiger partial charge in [-0.1, -0.05) is 34.8 Å². The molecular weight excluding hydrogens is 325 g/mol. The van der Waals surface area contributed by atoms with Crippen LogP contribution in [0.15, 0.2) is 29.2 Å². The van der Waals surface area contributed by atoms with Gasteiger partial charge in [-0.25, -0.2) is 0 Å². The fraction of sp³-hybridized carbons (Fsp3) is 0.0769. The van der Waals surface area contributed by atoms with E-state index >= 15 is 0 Å². The van der Waals surface area contributed by atoms with E-state index in [4.69, 9.17) is 39.9 Å². The molecule has 0 amide bonds. The molecule has 0 atom stereocenters. The zero-order chi connectivity index (χ0) is 14.9. The largest absolute Gasteiger partial charge is 0.481 e. The van der Waals surface area contributed by atoms with Gasteiger partial charge in [-0.3, -0.25) is 9.59 Å². The van der Waals surface area contributed by atoms with Crippen LogP contribution in [0.1, 0.15) is 5.56 Å². The Morgan fingerprint density at radius 2 is 1.85 bits per heavy atom. The standard InChI is InChI=1S/C13H8Cl3NO3/c14-8-1-2-9(15)12(16)11(8)7-3-6(4-10(18)19)13(20)17-5-7/h1-3,5H,4H2,(H,17,20)(H,18,19). The summed E-state index contributed by atoms with van der Waals surface area (Å²) >= 11 is 18.1. The van der Waals surface area contributed by atoms with Gasteiger partial charge in [-0.2, -0.15) is 0 Å². The first-order valence-corrected chi connectivity index (χ1v) is 6.61. The number of H-pyrrole nitrogens is 1. The highest BCUT2D eigenvalue weighted by atomic mass is 35.5. The average molecular weight is 333 g/mol. The van der Waals surface area contributed by atoms with E-state index in [-0.39, 0.29) is 17.0 Å². The highest BCUT2D eigenvalue weighted by molar-refractivity contribution is 6.46. The van der Waals surface area contributed by atoms with Crippen molar-refractivity contribution in [2.45, 2.75) is 6.42 Å². The van der Waals surface area contributed by atoms with Crippen molar-refractivity contribution in [3.05, 3.63) is 55.4 Å². The molecule has 7 heteroatoms. The molecule has 0 radical (unpaired) electrons. The maximum absolute atomic E-state index is 11.6. The number of halogens is 3. The van der Waals surface area contributed by atoms with Crippen molar-refractivity contribution in [1.82, 2.24) is 4.98 Å². The molecule has 0 fully saturated rings. The first-order valence-electron chi connectivity index (χ1n) is 5.47. The Balaban J connectivity index is 2.62. The Hall–Kier alpha value is -1.49. The highest BCUT2D eigenvalue weighted by Gasteiger charge is 2.14. The molecule has 0 spiro atoms. The van der Waals surface area contributed by atoms with Gasteiger partial charge in [0.05, 0.1) is 21.5 Å². The summed E-state index contributed by atoms with van der Waals surface area (Å²) in [6.45, 7) is 0. The minimum atomic E-state index is -1.10. The Morgan fingerprint density at radius 3 is 2.50 bits per heavy atom. The molecule has 0 saturated carbocycles. The van der Waals surface area contributed by atoms with Gasteiger partial charge in [0.15, 0.2) is 0 Å². The van der Waals surface area contributed by atoms with E-state index in [0.717, 1.165) is 0 Å². The van der Waals surface area contributed by atoms with E-state index in [1.165, 1.54) is 12.3 Å². The number of carboxylic acids is 1. The van der Waals surface area contributed by atoms with Crippen molar-refractivity contribution in [1.29, 1.82) is 0 Å². The summed E-state index contributed by atoms with van der Waals surface area (Å²) in [5.41, 5.74) is 0.592. The Morgan fingerprint density at radius 1 is 1.20 bits per heavy atom. The number of hydrogen-bond acceptors (Lipinski definition) is 2. The van der Waals surface area contributed by atoms with Crippen LogP contribution in [-0.4, -0.2) is 16.1 Å². The van der Waals surface area contributed by atoms with Crippen LogP contribution in [0.4, 0.5) is 0 Å². The van der Waals surface area contributed by atoms with E-state index in [9.17, 15) is 9.59 Å². The van der Waals surface area contributed by atoms with E-state index in [0.29, 0.717) is 21.2 Å². The number of carboxylic acid groups (broad SMARTS) is 1. The lowest BCUT2D eigenvalue weighted by Gasteiger charge is -2.09. The van der Waals surface area contributed by atoms with Crippen LogP contribution < -0.4 is 5.56 Å². The minimum absolute atomic E-state index is 0.113. The predicted molar refractivity (Wildman–Crippen MR) is 78.9 cm³/mol. The molecule has 0 bridgehead atoms. The number of carbonyl (C=O) groups is 1. The molecule has 1 aromatic carbocycles. The summed E-state index contributed by atoms with van der Waals surface area (Å²) in [5, 5.41) is 9.69. The van der Waals surface area contributed by atoms with Crippen LogP contribution in [0.3, 0.4) is 0 Å². The van der Waals surface area contributed by atoms with Crippen molar-refractivity contribution in [3.63, 3.8) is 0 Å². The van der Waals surface area contributed by atoms with Gasteiger partial charge in [0.25, 0.3) is 5.56 Å². The van der Waals surface area contributed by atoms with Gasteiger partial charge in [0.1, 0.15) is 0 Å². The van der Waals surface area contributed by atoms with Crippen LogP contribution in [0, 0.1) is 0 Å². The maximum Gasteiger partial charge on any atom is 0.308 e. The Labute approximate surface area is 128 Å². The first kappa shape index (κ1) is 14.9. The van der Waals surface area contributed by atoms with Gasteiger partial charge in [0.2, 0.25) is 0 Å². The SMILES string of the molecule is O=C(O)Cc1cc(-c2c(Cl)ccc(Cl)c2Cl)c[nH]c1=O. The van der Waals surface area contributed by atoms with Crippen molar-refractivity contribution < 1.29 is 9.90 Å². The minimum Gasteiger partial charge on any atom is -0.481 e. The predicted octanol–water partition coefficient (Wildman–Crippen LogP) is 3.63. The summed E-state index contributed by atoms with van der Waals surface area (Å²) in [6.07, 6.45) is 1.02. The second-order valence-electron chi connectivity index (χ2n) is 4.03. The van der Waals surface area contributed by atoms with E-state index in [1.54, 1.807) is 12.1 Å². The molecule has 2 rings (SSSR count). The third-order valence-electron chi connectivity index (χ3n) is 2.65. The van der Waals surface area contributed by atoms with Crippen LogP contribution in [0.25, 0.3) is 11.1 Å². The number of rotatable bonds is 3. The lowest BCUT2D eigenvalue weighted by atomic mass is 10.0. The number of hydrogen-bond donors (Lipinski definition) is 2. The number of benzene rings is 1. The summed E-state index contributed by atoms with van der Waals surface area (Å²) in [6, 6.07) is 4.57. The summed E-state index contributed by atoms with van der Waals surface area (Å²) in [4.78, 5) is 24.8. The second kappa shape index (κ2) is 5.87. The molecule has 1 heterocycles. The maximum atomic E-state index is 11.6. The van der Waals surface area contributed by atoms with Crippen molar-refractivity contribution in [3.8, 4) is 11.1 Å². The molecule has 2 aromatic rings. The zero-order valence-electron chi connectivity index (χ0n) is 9.91. The molecule has 1 aromatic heterocycles. The normalized spacial score (nSPS) is 10.6. The van der Waals surface area contributed by atoms with Gasteiger partial charge in [0, 0.05) is 22.9 Å². The molecular formula is C13H8Cl3NO3. The van der Waals surface area contributed by atoms with Crippen LogP contribution >= 0.6 is 34.8 Å². The summed E-state index contributed by atoms with van der Waals surface area (Å²) in [7, 11) is 0. The lowest BCUT2D eigenvalue weighted by molar-refractivity contribution is -0.136. The Bertz CT molecular complexity index is 740. The molecule has 0 aliphatic rings. The number of nitrogens with one attached hydrogen (secondary N) is 1. The molecule has 0 saturated heterocycles. The van der Waals surface area contributed by atoms with Gasteiger partial charge in [-0.15, -0.1) is 0 Å². The Kier molecular flexibility index (Phi) is 4.38. The monoisotopic (exact) mass is 331 g/mol. The smallest absolute Gasteiger partial charge is 0.308 e. The van der Waals surface area contributed by atoms with Gasteiger partial charge in [-0.05, 0) is 18.2 Å². The fourth-order valence-electron chi connectivity index (χ4n) is 1.76. The molecule has 4 nitrogen and oxygen atoms in total. The van der Waals surface area contributed by atoms with Crippen molar-refractivity contribution in [2.75, 3.05) is 0 Å². The van der Waals surface area contributed by atoms with Crippen LogP contribution in [0.2, 0.25) is 15.1 Å². The summed E-state index contributed by atoms with van der Waals surface area (Å²) in [5.74, 6) is -1.10. The second-order valence-corrected chi connectivity index (χ2v) is 5.22. The van der Waals surface area contributed by atoms with E-state index < -0.39 is 11.5 Å². The third-order valence-corrected chi connectivity index (χ3v) is 3.77. The van der Waals surface area contributed by atoms with E-state index in [1.807, 2.05) is 0 Å². The zero-order valence-corrected chi connectivity index (χ0v) is 12.2. The quantitative estimate of drug-likeness (QED) is 0.843. The molecule has 2 N–H and O–H groups in total. The van der Waals surface area contributed by atoms with Crippen molar-refractivity contribution >= 4 is 40.8 Å². The van der Waals surface area contributed by atoms with Gasteiger partial charge < -0.3 is 10.1 Å². The number of aliphatic carboxylic acids is 1. The van der Waals surface area contributed by atoms with E-state index in [2.05, 4.69) is 4.98 Å². The molecule has 0 aliphatic heterocycles. The van der Waals surface area contributed by atoms with Crippen molar-refractivity contribution in [2.24, 2.45) is 0 Å². The fourth-order valence-corrected chi connectivity index (χ4v) is 2.51. The van der Waals surface area contributed by atoms with Gasteiger partial charge >= 0.3 is 5.97 Å².